The van der Waals surface area contributed by atoms with Crippen molar-refractivity contribution in [3.05, 3.63) is 18.0 Å². The van der Waals surface area contributed by atoms with Crippen LogP contribution in [-0.2, 0) is 11.3 Å². The highest BCUT2D eigenvalue weighted by atomic mass is 32.1. The van der Waals surface area contributed by atoms with Gasteiger partial charge in [0.1, 0.15) is 6.10 Å². The summed E-state index contributed by atoms with van der Waals surface area (Å²) in [5.74, 6) is 0.199. The third-order valence-electron chi connectivity index (χ3n) is 4.11. The fraction of sp³-hybridized carbons (Fsp3) is 0.600. The third-order valence-corrected chi connectivity index (χ3v) is 4.91. The number of aryl methyl sites for hydroxylation is 1. The van der Waals surface area contributed by atoms with Crippen molar-refractivity contribution in [3.8, 4) is 5.19 Å². The van der Waals surface area contributed by atoms with E-state index < -0.39 is 0 Å². The summed E-state index contributed by atoms with van der Waals surface area (Å²) in [6.07, 6.45) is 3.71. The van der Waals surface area contributed by atoms with Crippen LogP contribution in [0, 0.1) is 5.92 Å². The second-order valence-electron chi connectivity index (χ2n) is 5.68. The first kappa shape index (κ1) is 17.6. The lowest BCUT2D eigenvalue weighted by Gasteiger charge is -2.32. The molecule has 1 fully saturated rings. The van der Waals surface area contributed by atoms with E-state index in [2.05, 4.69) is 32.9 Å². The van der Waals surface area contributed by atoms with E-state index in [4.69, 9.17) is 9.47 Å². The van der Waals surface area contributed by atoms with Gasteiger partial charge in [0.05, 0.1) is 12.8 Å². The molecule has 2 N–H and O–H groups in total. The minimum absolute atomic E-state index is 0.0573. The number of hydrogen-bond donors (Lipinski definition) is 2. The summed E-state index contributed by atoms with van der Waals surface area (Å²) < 4.78 is 12.9. The number of amides is 2. The Morgan fingerprint density at radius 2 is 2.40 bits per heavy atom. The van der Waals surface area contributed by atoms with Crippen molar-refractivity contribution in [2.24, 2.45) is 5.92 Å². The van der Waals surface area contributed by atoms with Crippen molar-refractivity contribution >= 4 is 22.5 Å². The van der Waals surface area contributed by atoms with Gasteiger partial charge >= 0.3 is 6.03 Å². The Hall–Kier alpha value is -2.20. The van der Waals surface area contributed by atoms with E-state index in [1.54, 1.807) is 6.20 Å². The molecule has 25 heavy (non-hydrogen) atoms. The molecule has 2 aromatic heterocycles. The van der Waals surface area contributed by atoms with Crippen molar-refractivity contribution < 1.29 is 14.3 Å². The largest absolute Gasteiger partial charge is 0.472 e. The fourth-order valence-electron chi connectivity index (χ4n) is 2.94. The van der Waals surface area contributed by atoms with E-state index >= 15 is 0 Å². The zero-order chi connectivity index (χ0) is 17.6. The molecule has 1 saturated heterocycles. The van der Waals surface area contributed by atoms with E-state index in [-0.39, 0.29) is 18.1 Å². The molecule has 3 rings (SSSR count). The Bertz CT molecular complexity index is 703. The molecule has 0 saturated carbocycles. The fourth-order valence-corrected chi connectivity index (χ4v) is 3.49. The zero-order valence-corrected chi connectivity index (χ0v) is 15.1. The molecule has 2 atom stereocenters. The zero-order valence-electron chi connectivity index (χ0n) is 14.3. The van der Waals surface area contributed by atoms with Gasteiger partial charge < -0.3 is 14.8 Å². The molecular formula is C15H22N6O3S. The average molecular weight is 366 g/mol. The monoisotopic (exact) mass is 366 g/mol. The molecule has 0 unspecified atom stereocenters. The molecule has 0 spiro atoms. The number of nitrogens with one attached hydrogen (secondary N) is 2. The highest BCUT2D eigenvalue weighted by Gasteiger charge is 2.30. The van der Waals surface area contributed by atoms with E-state index in [0.29, 0.717) is 16.9 Å². The van der Waals surface area contributed by atoms with Crippen LogP contribution in [0.3, 0.4) is 0 Å². The van der Waals surface area contributed by atoms with Gasteiger partial charge in [-0.05, 0) is 37.2 Å². The van der Waals surface area contributed by atoms with Gasteiger partial charge in [0.25, 0.3) is 5.19 Å². The molecule has 2 amide bonds. The highest BCUT2D eigenvalue weighted by Crippen LogP contribution is 2.33. The summed E-state index contributed by atoms with van der Waals surface area (Å²) in [6, 6.07) is 1.67. The summed E-state index contributed by atoms with van der Waals surface area (Å²) in [7, 11) is 1.51. The maximum absolute atomic E-state index is 12.1. The van der Waals surface area contributed by atoms with Crippen molar-refractivity contribution in [2.75, 3.05) is 25.6 Å². The normalized spacial score (nSPS) is 20.2. The predicted molar refractivity (Wildman–Crippen MR) is 92.8 cm³/mol. The lowest BCUT2D eigenvalue weighted by Crippen LogP contribution is -2.37. The summed E-state index contributed by atoms with van der Waals surface area (Å²) in [5, 5.41) is 18.3. The molecule has 136 valence electrons. The number of carbonyl (C=O) groups is 1. The summed E-state index contributed by atoms with van der Waals surface area (Å²) in [6.45, 7) is 4.09. The van der Waals surface area contributed by atoms with Gasteiger partial charge in [0.2, 0.25) is 5.13 Å². The van der Waals surface area contributed by atoms with E-state index in [0.717, 1.165) is 31.7 Å². The number of rotatable bonds is 6. The number of nitrogens with zero attached hydrogens (tertiary/aromatic N) is 4. The first-order valence-electron chi connectivity index (χ1n) is 8.27. The van der Waals surface area contributed by atoms with Gasteiger partial charge in [-0.3, -0.25) is 10.00 Å². The van der Waals surface area contributed by atoms with Gasteiger partial charge in [0, 0.05) is 31.8 Å². The lowest BCUT2D eigenvalue weighted by molar-refractivity contribution is -0.0317. The van der Waals surface area contributed by atoms with Crippen LogP contribution in [0.4, 0.5) is 9.93 Å². The topological polar surface area (TPSA) is 103 Å². The number of urea groups is 1. The van der Waals surface area contributed by atoms with Crippen molar-refractivity contribution in [3.63, 3.8) is 0 Å². The van der Waals surface area contributed by atoms with Gasteiger partial charge in [-0.15, -0.1) is 5.10 Å². The summed E-state index contributed by atoms with van der Waals surface area (Å²) in [5.41, 5.74) is 1.06. The number of aromatic nitrogens is 4. The van der Waals surface area contributed by atoms with Crippen LogP contribution in [0.25, 0.3) is 0 Å². The number of anilines is 1. The molecule has 1 aliphatic rings. The van der Waals surface area contributed by atoms with Gasteiger partial charge in [0.15, 0.2) is 0 Å². The summed E-state index contributed by atoms with van der Waals surface area (Å²) >= 11 is 1.17. The molecule has 9 nitrogen and oxygen atoms in total. The Labute approximate surface area is 149 Å². The third kappa shape index (κ3) is 4.26. The maximum atomic E-state index is 12.1. The number of methoxy groups -OCH3 is 1. The van der Waals surface area contributed by atoms with Crippen LogP contribution in [0.1, 0.15) is 31.6 Å². The second-order valence-corrected chi connectivity index (χ2v) is 6.62. The SMILES string of the molecule is CCn1nccc1[C@@H]1OCCC[C@H]1CNC(=O)Nc1nnc(OC)s1. The maximum Gasteiger partial charge on any atom is 0.321 e. The van der Waals surface area contributed by atoms with E-state index in [1.807, 2.05) is 10.7 Å². The van der Waals surface area contributed by atoms with Crippen LogP contribution >= 0.6 is 11.3 Å². The van der Waals surface area contributed by atoms with E-state index in [9.17, 15) is 4.79 Å². The predicted octanol–water partition coefficient (Wildman–Crippen LogP) is 2.05. The Balaban J connectivity index is 1.57. The smallest absolute Gasteiger partial charge is 0.321 e. The van der Waals surface area contributed by atoms with Crippen LogP contribution in [-0.4, -0.2) is 46.3 Å². The van der Waals surface area contributed by atoms with Crippen LogP contribution < -0.4 is 15.4 Å². The Morgan fingerprint density at radius 1 is 1.52 bits per heavy atom. The minimum atomic E-state index is -0.313. The van der Waals surface area contributed by atoms with Crippen LogP contribution in [0.2, 0.25) is 0 Å². The number of carbonyl (C=O) groups excluding carboxylic acids is 1. The molecule has 0 aliphatic carbocycles. The van der Waals surface area contributed by atoms with E-state index in [1.165, 1.54) is 18.4 Å². The van der Waals surface area contributed by atoms with Crippen LogP contribution in [0.5, 0.6) is 5.19 Å². The first-order chi connectivity index (χ1) is 12.2. The standard InChI is InChI=1S/C15H22N6O3S/c1-3-21-11(6-7-17-21)12-10(5-4-8-24-12)9-16-13(22)18-14-19-20-15(23-2)25-14/h6-7,10,12H,3-5,8-9H2,1-2H3,(H2,16,18,19,22)/t10-,12+/m0/s1. The van der Waals surface area contributed by atoms with Crippen LogP contribution in [0.15, 0.2) is 12.3 Å². The Kier molecular flexibility index (Phi) is 5.82. The molecule has 10 heteroatoms. The average Bonchev–Trinajstić information content (AvgIpc) is 3.29. The van der Waals surface area contributed by atoms with Crippen molar-refractivity contribution in [1.82, 2.24) is 25.3 Å². The number of ether oxygens (including phenoxy) is 2. The molecule has 0 radical (unpaired) electrons. The molecule has 0 bridgehead atoms. The Morgan fingerprint density at radius 3 is 3.16 bits per heavy atom. The minimum Gasteiger partial charge on any atom is -0.472 e. The molecule has 2 aromatic rings. The molecule has 1 aliphatic heterocycles. The van der Waals surface area contributed by atoms with Crippen molar-refractivity contribution in [2.45, 2.75) is 32.4 Å². The lowest BCUT2D eigenvalue weighted by atomic mass is 9.92. The summed E-state index contributed by atoms with van der Waals surface area (Å²) in [4.78, 5) is 12.1. The second kappa shape index (κ2) is 8.26. The van der Waals surface area contributed by atoms with Gasteiger partial charge in [-0.2, -0.15) is 5.10 Å². The molecule has 3 heterocycles. The highest BCUT2D eigenvalue weighted by molar-refractivity contribution is 7.17. The van der Waals surface area contributed by atoms with Crippen molar-refractivity contribution in [1.29, 1.82) is 0 Å². The number of hydrogen-bond acceptors (Lipinski definition) is 7. The molecule has 0 aromatic carbocycles. The quantitative estimate of drug-likeness (QED) is 0.811. The first-order valence-corrected chi connectivity index (χ1v) is 9.08. The van der Waals surface area contributed by atoms with Gasteiger partial charge in [-0.1, -0.05) is 5.10 Å². The van der Waals surface area contributed by atoms with Gasteiger partial charge in [-0.25, -0.2) is 4.79 Å². The molecular weight excluding hydrogens is 344 g/mol.